The third-order valence-corrected chi connectivity index (χ3v) is 6.76. The molecule has 0 aliphatic heterocycles. The Morgan fingerprint density at radius 2 is 1.90 bits per heavy atom. The average molecular weight is 186 g/mol. The molecule has 0 aromatic carbocycles. The summed E-state index contributed by atoms with van der Waals surface area (Å²) >= 11 is 0. The van der Waals surface area contributed by atoms with Gasteiger partial charge in [-0.05, 0) is 18.4 Å². The Balaban J connectivity index is 4.64. The van der Waals surface area contributed by atoms with Crippen molar-refractivity contribution in [1.82, 2.24) is 0 Å². The standard InChI is InChI=1S/C4H11FO3SSi/c1-4(2,10-3)9(6,7)8-5/h10H2,1-3H3. The molecule has 0 aromatic heterocycles. The van der Waals surface area contributed by atoms with E-state index in [-0.39, 0.29) is 0 Å². The molecular weight excluding hydrogens is 175 g/mol. The van der Waals surface area contributed by atoms with Gasteiger partial charge >= 0.3 is 0 Å². The fourth-order valence-electron chi connectivity index (χ4n) is 0.262. The first kappa shape index (κ1) is 10.1. The minimum absolute atomic E-state index is 0.826. The molecule has 0 amide bonds. The molecule has 0 heterocycles. The van der Waals surface area contributed by atoms with Crippen molar-refractivity contribution in [3.63, 3.8) is 0 Å². The highest BCUT2D eigenvalue weighted by molar-refractivity contribution is 7.89. The highest BCUT2D eigenvalue weighted by Crippen LogP contribution is 2.16. The largest absolute Gasteiger partial charge is 0.299 e. The van der Waals surface area contributed by atoms with Crippen molar-refractivity contribution < 1.29 is 17.3 Å². The minimum atomic E-state index is -3.95. The van der Waals surface area contributed by atoms with E-state index in [1.807, 2.05) is 0 Å². The molecule has 0 saturated carbocycles. The summed E-state index contributed by atoms with van der Waals surface area (Å²) in [6.07, 6.45) is 0. The molecule has 3 nitrogen and oxygen atoms in total. The van der Waals surface area contributed by atoms with E-state index in [9.17, 15) is 12.9 Å². The van der Waals surface area contributed by atoms with Crippen molar-refractivity contribution in [2.75, 3.05) is 0 Å². The first-order valence-electron chi connectivity index (χ1n) is 2.92. The van der Waals surface area contributed by atoms with E-state index >= 15 is 0 Å². The van der Waals surface area contributed by atoms with Gasteiger partial charge in [0.2, 0.25) is 0 Å². The predicted molar refractivity (Wildman–Crippen MR) is 39.6 cm³/mol. The normalized spacial score (nSPS) is 14.8. The minimum Gasteiger partial charge on any atom is -0.197 e. The van der Waals surface area contributed by atoms with Gasteiger partial charge in [0, 0.05) is 9.52 Å². The lowest BCUT2D eigenvalue weighted by Crippen LogP contribution is -2.36. The molecule has 0 bridgehead atoms. The maximum Gasteiger partial charge on any atom is 0.299 e. The van der Waals surface area contributed by atoms with Gasteiger partial charge < -0.3 is 0 Å². The van der Waals surface area contributed by atoms with Gasteiger partial charge in [0.25, 0.3) is 10.1 Å². The quantitative estimate of drug-likeness (QED) is 0.590. The Morgan fingerprint density at radius 3 is 2.00 bits per heavy atom. The average Bonchev–Trinajstić information content (AvgIpc) is 1.88. The van der Waals surface area contributed by atoms with E-state index in [0.717, 1.165) is 0 Å². The van der Waals surface area contributed by atoms with E-state index in [1.165, 1.54) is 13.8 Å². The molecule has 0 rings (SSSR count). The van der Waals surface area contributed by atoms with Crippen LogP contribution in [0.5, 0.6) is 0 Å². The molecule has 0 fully saturated rings. The van der Waals surface area contributed by atoms with Crippen molar-refractivity contribution in [1.29, 1.82) is 0 Å². The lowest BCUT2D eigenvalue weighted by molar-refractivity contribution is 0.000703. The van der Waals surface area contributed by atoms with Crippen LogP contribution in [0.15, 0.2) is 0 Å². The zero-order chi connectivity index (χ0) is 8.41. The smallest absolute Gasteiger partial charge is 0.197 e. The molecule has 0 N–H and O–H groups in total. The molecule has 0 radical (unpaired) electrons. The summed E-state index contributed by atoms with van der Waals surface area (Å²) < 4.78 is 34.7. The number of hydrogen-bond donors (Lipinski definition) is 0. The van der Waals surface area contributed by atoms with Crippen LogP contribution in [-0.4, -0.2) is 22.3 Å². The van der Waals surface area contributed by atoms with Crippen LogP contribution in [0.4, 0.5) is 4.53 Å². The van der Waals surface area contributed by atoms with Gasteiger partial charge in [0.1, 0.15) is 0 Å². The molecule has 0 unspecified atom stereocenters. The van der Waals surface area contributed by atoms with E-state index in [4.69, 9.17) is 0 Å². The van der Waals surface area contributed by atoms with Gasteiger partial charge in [-0.25, -0.2) is 0 Å². The Morgan fingerprint density at radius 1 is 1.50 bits per heavy atom. The molecule has 0 spiro atoms. The summed E-state index contributed by atoms with van der Waals surface area (Å²) in [5, 5.41) is 0. The highest BCUT2D eigenvalue weighted by atomic mass is 32.2. The summed E-state index contributed by atoms with van der Waals surface area (Å²) in [4.78, 5) is 0. The molecule has 62 valence electrons. The zero-order valence-electron chi connectivity index (χ0n) is 6.22. The summed E-state index contributed by atoms with van der Waals surface area (Å²) in [5.74, 6) is 0. The van der Waals surface area contributed by atoms with Crippen molar-refractivity contribution >= 4 is 19.6 Å². The molecular formula is C4H11FO3SSi. The van der Waals surface area contributed by atoms with Crippen LogP contribution in [0.3, 0.4) is 0 Å². The Kier molecular flexibility index (Phi) is 2.99. The fourth-order valence-corrected chi connectivity index (χ4v) is 1.98. The van der Waals surface area contributed by atoms with Gasteiger partial charge in [-0.15, -0.1) is 0 Å². The summed E-state index contributed by atoms with van der Waals surface area (Å²) in [6.45, 7) is 4.72. The summed E-state index contributed by atoms with van der Waals surface area (Å²) in [5.41, 5.74) is 0. The van der Waals surface area contributed by atoms with Crippen molar-refractivity contribution in [3.8, 4) is 0 Å². The molecule has 10 heavy (non-hydrogen) atoms. The van der Waals surface area contributed by atoms with Gasteiger partial charge in [-0.2, -0.15) is 8.42 Å². The number of halogens is 1. The van der Waals surface area contributed by atoms with E-state index in [1.54, 1.807) is 6.55 Å². The van der Waals surface area contributed by atoms with Gasteiger partial charge in [0.15, 0.2) is 0 Å². The van der Waals surface area contributed by atoms with Gasteiger partial charge in [-0.1, -0.05) is 10.9 Å². The second-order valence-electron chi connectivity index (χ2n) is 2.63. The lowest BCUT2D eigenvalue weighted by atomic mass is 10.5. The van der Waals surface area contributed by atoms with Crippen LogP contribution in [0.2, 0.25) is 6.55 Å². The van der Waals surface area contributed by atoms with Gasteiger partial charge in [0.05, 0.1) is 4.37 Å². The maximum absolute atomic E-state index is 11.4. The number of hydrogen-bond acceptors (Lipinski definition) is 3. The second kappa shape index (κ2) is 2.98. The highest BCUT2D eigenvalue weighted by Gasteiger charge is 2.34. The SMILES string of the molecule is C[SiH2]C(C)(C)S(=O)(=O)OF. The third-order valence-electron chi connectivity index (χ3n) is 1.61. The summed E-state index contributed by atoms with van der Waals surface area (Å²) in [7, 11) is -4.78. The second-order valence-corrected chi connectivity index (χ2v) is 7.76. The first-order chi connectivity index (χ1) is 4.37. The predicted octanol–water partition coefficient (Wildman–Crippen LogP) is 0.170. The Hall–Kier alpha value is 0.0569. The Labute approximate surface area is 62.4 Å². The maximum atomic E-state index is 11.4. The van der Waals surface area contributed by atoms with Crippen LogP contribution < -0.4 is 0 Å². The van der Waals surface area contributed by atoms with Gasteiger partial charge in [-0.3, -0.25) is 0 Å². The van der Waals surface area contributed by atoms with Crippen molar-refractivity contribution in [2.24, 2.45) is 0 Å². The topological polar surface area (TPSA) is 43.4 Å². The molecule has 0 aromatic rings. The van der Waals surface area contributed by atoms with Crippen LogP contribution in [-0.2, 0) is 14.5 Å². The number of rotatable bonds is 3. The molecule has 0 atom stereocenters. The van der Waals surface area contributed by atoms with Crippen LogP contribution in [0, 0.1) is 0 Å². The zero-order valence-corrected chi connectivity index (χ0v) is 8.45. The lowest BCUT2D eigenvalue weighted by Gasteiger charge is -2.17. The Bertz CT molecular complexity index is 199. The third kappa shape index (κ3) is 1.77. The van der Waals surface area contributed by atoms with Crippen LogP contribution in [0.1, 0.15) is 13.8 Å². The molecule has 6 heteroatoms. The fraction of sp³-hybridized carbons (Fsp3) is 1.00. The van der Waals surface area contributed by atoms with E-state index in [0.29, 0.717) is 0 Å². The molecule has 0 aliphatic carbocycles. The van der Waals surface area contributed by atoms with E-state index in [2.05, 4.69) is 4.39 Å². The van der Waals surface area contributed by atoms with Crippen LogP contribution in [0.25, 0.3) is 0 Å². The molecule has 0 saturated heterocycles. The molecule has 0 aliphatic rings. The monoisotopic (exact) mass is 186 g/mol. The van der Waals surface area contributed by atoms with E-state index < -0.39 is 24.0 Å². The van der Waals surface area contributed by atoms with Crippen molar-refractivity contribution in [3.05, 3.63) is 0 Å². The van der Waals surface area contributed by atoms with Crippen molar-refractivity contribution in [2.45, 2.75) is 24.8 Å². The summed E-state index contributed by atoms with van der Waals surface area (Å²) in [6, 6.07) is 0. The van der Waals surface area contributed by atoms with Crippen LogP contribution >= 0.6 is 0 Å². The first-order valence-corrected chi connectivity index (χ1v) is 6.45.